The predicted molar refractivity (Wildman–Crippen MR) is 118 cm³/mol. The number of thioether (sulfide) groups is 1. The van der Waals surface area contributed by atoms with E-state index in [1.54, 1.807) is 0 Å². The number of fused-ring (bicyclic) bond motifs is 1. The number of rotatable bonds is 6. The third kappa shape index (κ3) is 3.78. The lowest BCUT2D eigenvalue weighted by Crippen LogP contribution is -2.15. The van der Waals surface area contributed by atoms with Crippen molar-refractivity contribution in [3.8, 4) is 11.4 Å². The van der Waals surface area contributed by atoms with Crippen LogP contribution in [0.4, 0.5) is 5.69 Å². The summed E-state index contributed by atoms with van der Waals surface area (Å²) in [4.78, 5) is 12.4. The number of nitrogens with one attached hydrogen (secondary N) is 1. The molecule has 2 aromatic heterocycles. The number of para-hydroxylation sites is 2. The summed E-state index contributed by atoms with van der Waals surface area (Å²) in [5.41, 5.74) is 4.11. The molecule has 0 spiro atoms. The quantitative estimate of drug-likeness (QED) is 0.480. The van der Waals surface area contributed by atoms with E-state index in [1.165, 1.54) is 17.3 Å². The summed E-state index contributed by atoms with van der Waals surface area (Å²) in [7, 11) is 1.94. The van der Waals surface area contributed by atoms with Gasteiger partial charge in [0.2, 0.25) is 5.91 Å². The Labute approximate surface area is 173 Å². The van der Waals surface area contributed by atoms with E-state index in [4.69, 9.17) is 0 Å². The summed E-state index contributed by atoms with van der Waals surface area (Å²) >= 11 is 1.38. The van der Waals surface area contributed by atoms with E-state index in [-0.39, 0.29) is 11.7 Å². The van der Waals surface area contributed by atoms with Crippen LogP contribution in [0.5, 0.6) is 0 Å². The molecule has 0 saturated carbocycles. The predicted octanol–water partition coefficient (Wildman–Crippen LogP) is 4.50. The van der Waals surface area contributed by atoms with Crippen LogP contribution in [0.1, 0.15) is 12.5 Å². The molecular formula is C22H23N5OS. The number of carbonyl (C=O) groups excluding carboxylic acids is 1. The molecule has 1 N–H and O–H groups in total. The summed E-state index contributed by atoms with van der Waals surface area (Å²) in [6.45, 7) is 4.99. The van der Waals surface area contributed by atoms with E-state index in [0.29, 0.717) is 5.16 Å². The Morgan fingerprint density at radius 2 is 1.86 bits per heavy atom. The number of aryl methyl sites for hydroxylation is 2. The Kier molecular flexibility index (Phi) is 5.40. The molecule has 7 heteroatoms. The van der Waals surface area contributed by atoms with Gasteiger partial charge >= 0.3 is 0 Å². The van der Waals surface area contributed by atoms with Crippen molar-refractivity contribution in [3.05, 3.63) is 60.3 Å². The molecule has 6 nitrogen and oxygen atoms in total. The zero-order valence-corrected chi connectivity index (χ0v) is 17.5. The largest absolute Gasteiger partial charge is 0.347 e. The van der Waals surface area contributed by atoms with Crippen molar-refractivity contribution in [2.45, 2.75) is 25.5 Å². The SMILES string of the molecule is CCn1cc(-c2nnc(SCC(=O)Nc3ccccc3C)n2C)c2ccccc21. The van der Waals surface area contributed by atoms with Gasteiger partial charge < -0.3 is 14.5 Å². The van der Waals surface area contributed by atoms with E-state index in [2.05, 4.69) is 45.3 Å². The van der Waals surface area contributed by atoms with Gasteiger partial charge in [0.1, 0.15) is 0 Å². The fraction of sp³-hybridized carbons (Fsp3) is 0.227. The lowest BCUT2D eigenvalue weighted by atomic mass is 10.1. The number of amides is 1. The maximum atomic E-state index is 12.4. The Bertz CT molecular complexity index is 1180. The van der Waals surface area contributed by atoms with Crippen LogP contribution in [0, 0.1) is 6.92 Å². The zero-order chi connectivity index (χ0) is 20.4. The third-order valence-electron chi connectivity index (χ3n) is 4.96. The minimum Gasteiger partial charge on any atom is -0.347 e. The monoisotopic (exact) mass is 405 g/mol. The fourth-order valence-electron chi connectivity index (χ4n) is 3.39. The number of hydrogen-bond donors (Lipinski definition) is 1. The highest BCUT2D eigenvalue weighted by Crippen LogP contribution is 2.31. The van der Waals surface area contributed by atoms with Crippen LogP contribution >= 0.6 is 11.8 Å². The molecule has 0 saturated heterocycles. The first-order valence-electron chi connectivity index (χ1n) is 9.54. The molecule has 0 aliphatic rings. The van der Waals surface area contributed by atoms with E-state index >= 15 is 0 Å². The van der Waals surface area contributed by atoms with Gasteiger partial charge in [0.15, 0.2) is 11.0 Å². The molecule has 1 amide bonds. The molecule has 4 rings (SSSR count). The minimum atomic E-state index is -0.0589. The summed E-state index contributed by atoms with van der Waals surface area (Å²) < 4.78 is 4.16. The van der Waals surface area contributed by atoms with Crippen LogP contribution in [-0.2, 0) is 18.4 Å². The van der Waals surface area contributed by atoms with E-state index in [0.717, 1.165) is 34.6 Å². The summed E-state index contributed by atoms with van der Waals surface area (Å²) in [5.74, 6) is 1.02. The molecular weight excluding hydrogens is 382 g/mol. The lowest BCUT2D eigenvalue weighted by molar-refractivity contribution is -0.113. The second-order valence-electron chi connectivity index (χ2n) is 6.86. The average molecular weight is 406 g/mol. The number of nitrogens with zero attached hydrogens (tertiary/aromatic N) is 4. The van der Waals surface area contributed by atoms with Gasteiger partial charge in [-0.05, 0) is 31.5 Å². The van der Waals surface area contributed by atoms with Crippen molar-refractivity contribution in [1.29, 1.82) is 0 Å². The first kappa shape index (κ1) is 19.3. The van der Waals surface area contributed by atoms with Crippen molar-refractivity contribution < 1.29 is 4.79 Å². The van der Waals surface area contributed by atoms with Crippen LogP contribution in [0.2, 0.25) is 0 Å². The number of benzene rings is 2. The second-order valence-corrected chi connectivity index (χ2v) is 7.81. The summed E-state index contributed by atoms with van der Waals surface area (Å²) in [5, 5.41) is 13.5. The topological polar surface area (TPSA) is 64.7 Å². The molecule has 0 fully saturated rings. The van der Waals surface area contributed by atoms with Crippen LogP contribution in [0.3, 0.4) is 0 Å². The van der Waals surface area contributed by atoms with Crippen LogP contribution < -0.4 is 5.32 Å². The standard InChI is InChI=1S/C22H23N5OS/c1-4-27-13-17(16-10-6-8-12-19(16)27)21-24-25-22(26(21)3)29-14-20(28)23-18-11-7-5-9-15(18)2/h5-13H,4,14H2,1-3H3,(H,23,28). The number of carbonyl (C=O) groups is 1. The maximum absolute atomic E-state index is 12.4. The van der Waals surface area contributed by atoms with Gasteiger partial charge in [-0.2, -0.15) is 0 Å². The molecule has 0 bridgehead atoms. The molecule has 0 radical (unpaired) electrons. The van der Waals surface area contributed by atoms with Gasteiger partial charge in [-0.1, -0.05) is 48.2 Å². The Balaban J connectivity index is 1.52. The zero-order valence-electron chi connectivity index (χ0n) is 16.7. The Hall–Kier alpha value is -3.06. The lowest BCUT2D eigenvalue weighted by Gasteiger charge is -2.07. The van der Waals surface area contributed by atoms with Crippen LogP contribution in [0.15, 0.2) is 59.9 Å². The van der Waals surface area contributed by atoms with Crippen molar-refractivity contribution in [1.82, 2.24) is 19.3 Å². The molecule has 2 heterocycles. The molecule has 0 unspecified atom stereocenters. The first-order valence-corrected chi connectivity index (χ1v) is 10.5. The molecule has 2 aromatic carbocycles. The van der Waals surface area contributed by atoms with Gasteiger partial charge in [-0.15, -0.1) is 10.2 Å². The minimum absolute atomic E-state index is 0.0589. The summed E-state index contributed by atoms with van der Waals surface area (Å²) in [6, 6.07) is 16.1. The van der Waals surface area contributed by atoms with Gasteiger partial charge in [-0.25, -0.2) is 0 Å². The molecule has 0 atom stereocenters. The van der Waals surface area contributed by atoms with E-state index in [1.807, 2.05) is 54.9 Å². The third-order valence-corrected chi connectivity index (χ3v) is 5.98. The Morgan fingerprint density at radius 1 is 1.10 bits per heavy atom. The first-order chi connectivity index (χ1) is 14.1. The highest BCUT2D eigenvalue weighted by atomic mass is 32.2. The Morgan fingerprint density at radius 3 is 2.66 bits per heavy atom. The van der Waals surface area contributed by atoms with E-state index < -0.39 is 0 Å². The second kappa shape index (κ2) is 8.13. The number of hydrogen-bond acceptors (Lipinski definition) is 4. The van der Waals surface area contributed by atoms with E-state index in [9.17, 15) is 4.79 Å². The molecule has 0 aliphatic heterocycles. The van der Waals surface area contributed by atoms with Crippen molar-refractivity contribution in [2.24, 2.45) is 7.05 Å². The molecule has 148 valence electrons. The fourth-order valence-corrected chi connectivity index (χ4v) is 4.10. The van der Waals surface area contributed by atoms with Gasteiger partial charge in [0, 0.05) is 41.9 Å². The van der Waals surface area contributed by atoms with Gasteiger partial charge in [0.25, 0.3) is 0 Å². The average Bonchev–Trinajstić information content (AvgIpc) is 3.28. The van der Waals surface area contributed by atoms with Crippen molar-refractivity contribution in [2.75, 3.05) is 11.1 Å². The summed E-state index contributed by atoms with van der Waals surface area (Å²) in [6.07, 6.45) is 2.12. The maximum Gasteiger partial charge on any atom is 0.234 e. The number of anilines is 1. The molecule has 0 aliphatic carbocycles. The highest BCUT2D eigenvalue weighted by molar-refractivity contribution is 7.99. The van der Waals surface area contributed by atoms with Gasteiger partial charge in [-0.3, -0.25) is 4.79 Å². The van der Waals surface area contributed by atoms with Crippen LogP contribution in [-0.4, -0.2) is 31.0 Å². The smallest absolute Gasteiger partial charge is 0.234 e. The van der Waals surface area contributed by atoms with Crippen molar-refractivity contribution in [3.63, 3.8) is 0 Å². The highest BCUT2D eigenvalue weighted by Gasteiger charge is 2.17. The molecule has 29 heavy (non-hydrogen) atoms. The number of aromatic nitrogens is 4. The normalized spacial score (nSPS) is 11.1. The van der Waals surface area contributed by atoms with Crippen molar-refractivity contribution >= 4 is 34.3 Å². The van der Waals surface area contributed by atoms with Crippen LogP contribution in [0.25, 0.3) is 22.3 Å². The molecule has 4 aromatic rings. The van der Waals surface area contributed by atoms with Gasteiger partial charge in [0.05, 0.1) is 5.75 Å².